The third-order valence-corrected chi connectivity index (χ3v) is 2.86. The van der Waals surface area contributed by atoms with Crippen LogP contribution in [0, 0.1) is 0 Å². The number of piperazine rings is 1. The number of carbonyl (C=O) groups excluding carboxylic acids is 1. The first-order chi connectivity index (χ1) is 6.27. The monoisotopic (exact) mass is 183 g/mol. The van der Waals surface area contributed by atoms with Crippen LogP contribution in [0.3, 0.4) is 0 Å². The van der Waals surface area contributed by atoms with Gasteiger partial charge in [0.05, 0.1) is 12.7 Å². The van der Waals surface area contributed by atoms with Crippen molar-refractivity contribution >= 4 is 5.91 Å². The molecule has 0 aromatic heterocycles. The van der Waals surface area contributed by atoms with Gasteiger partial charge in [-0.1, -0.05) is 0 Å². The molecule has 13 heavy (non-hydrogen) atoms. The van der Waals surface area contributed by atoms with Crippen molar-refractivity contribution in [3.63, 3.8) is 0 Å². The largest absolute Gasteiger partial charge is 0.325 e. The van der Waals surface area contributed by atoms with Gasteiger partial charge in [0.2, 0.25) is 5.91 Å². The standard InChI is InChI=1S/C9H17N3O/c1-11-5-6-12(9(13)7-11)8-3-2-4-10-8/h8,10H,2-7H2,1H3. The molecule has 1 N–H and O–H groups in total. The van der Waals surface area contributed by atoms with E-state index in [0.29, 0.717) is 12.7 Å². The molecular formula is C9H17N3O. The molecule has 2 aliphatic rings. The quantitative estimate of drug-likeness (QED) is 0.593. The van der Waals surface area contributed by atoms with Gasteiger partial charge >= 0.3 is 0 Å². The third-order valence-electron chi connectivity index (χ3n) is 2.86. The minimum atomic E-state index is 0.271. The van der Waals surface area contributed by atoms with E-state index in [1.54, 1.807) is 0 Å². The zero-order chi connectivity index (χ0) is 9.26. The summed E-state index contributed by atoms with van der Waals surface area (Å²) in [4.78, 5) is 15.7. The van der Waals surface area contributed by atoms with Crippen LogP contribution in [-0.4, -0.2) is 55.1 Å². The van der Waals surface area contributed by atoms with Gasteiger partial charge in [-0.15, -0.1) is 0 Å². The van der Waals surface area contributed by atoms with E-state index in [0.717, 1.165) is 26.1 Å². The first-order valence-electron chi connectivity index (χ1n) is 4.99. The second-order valence-electron chi connectivity index (χ2n) is 3.94. The van der Waals surface area contributed by atoms with Crippen LogP contribution < -0.4 is 5.32 Å². The van der Waals surface area contributed by atoms with E-state index in [1.807, 2.05) is 11.9 Å². The number of rotatable bonds is 1. The van der Waals surface area contributed by atoms with E-state index in [4.69, 9.17) is 0 Å². The van der Waals surface area contributed by atoms with Gasteiger partial charge in [0.25, 0.3) is 0 Å². The Balaban J connectivity index is 1.95. The molecule has 2 rings (SSSR count). The van der Waals surface area contributed by atoms with E-state index in [2.05, 4.69) is 10.2 Å². The molecule has 2 fully saturated rings. The lowest BCUT2D eigenvalue weighted by Crippen LogP contribution is -2.55. The number of likely N-dealkylation sites (N-methyl/N-ethyl adjacent to an activating group) is 1. The Bertz CT molecular complexity index is 201. The Morgan fingerprint density at radius 2 is 2.31 bits per heavy atom. The van der Waals surface area contributed by atoms with E-state index in [9.17, 15) is 4.79 Å². The van der Waals surface area contributed by atoms with Gasteiger partial charge < -0.3 is 4.90 Å². The molecule has 0 radical (unpaired) electrons. The van der Waals surface area contributed by atoms with Crippen molar-refractivity contribution in [1.29, 1.82) is 0 Å². The summed E-state index contributed by atoms with van der Waals surface area (Å²) in [6.45, 7) is 3.53. The first kappa shape index (κ1) is 8.97. The van der Waals surface area contributed by atoms with Gasteiger partial charge in [-0.05, 0) is 26.4 Å². The highest BCUT2D eigenvalue weighted by atomic mass is 16.2. The maximum atomic E-state index is 11.6. The second-order valence-corrected chi connectivity index (χ2v) is 3.94. The van der Waals surface area contributed by atoms with Gasteiger partial charge in [0.1, 0.15) is 0 Å². The molecule has 1 atom stereocenters. The van der Waals surface area contributed by atoms with Gasteiger partial charge in [-0.3, -0.25) is 15.0 Å². The third kappa shape index (κ3) is 1.84. The fourth-order valence-electron chi connectivity index (χ4n) is 2.07. The topological polar surface area (TPSA) is 35.6 Å². The Kier molecular flexibility index (Phi) is 2.51. The highest BCUT2D eigenvalue weighted by molar-refractivity contribution is 5.79. The molecule has 0 saturated carbocycles. The summed E-state index contributed by atoms with van der Waals surface area (Å²) in [5, 5.41) is 3.36. The van der Waals surface area contributed by atoms with Crippen LogP contribution in [0.2, 0.25) is 0 Å². The maximum absolute atomic E-state index is 11.6. The Morgan fingerprint density at radius 3 is 2.92 bits per heavy atom. The van der Waals surface area contributed by atoms with Crippen LogP contribution in [-0.2, 0) is 4.79 Å². The fourth-order valence-corrected chi connectivity index (χ4v) is 2.07. The zero-order valence-corrected chi connectivity index (χ0v) is 8.12. The van der Waals surface area contributed by atoms with E-state index < -0.39 is 0 Å². The summed E-state index contributed by atoms with van der Waals surface area (Å²) in [5.41, 5.74) is 0. The SMILES string of the molecule is CN1CCN(C2CCCN2)C(=O)C1. The molecule has 1 amide bonds. The second kappa shape index (κ2) is 3.64. The number of hydrogen-bond donors (Lipinski definition) is 1. The lowest BCUT2D eigenvalue weighted by atomic mass is 10.2. The lowest BCUT2D eigenvalue weighted by molar-refractivity contribution is -0.138. The molecule has 74 valence electrons. The predicted octanol–water partition coefficient (Wildman–Crippen LogP) is -0.530. The summed E-state index contributed by atoms with van der Waals surface area (Å²) in [7, 11) is 2.00. The van der Waals surface area contributed by atoms with E-state index in [1.165, 1.54) is 6.42 Å². The van der Waals surface area contributed by atoms with Crippen molar-refractivity contribution in [2.45, 2.75) is 19.0 Å². The van der Waals surface area contributed by atoms with Crippen LogP contribution in [0.4, 0.5) is 0 Å². The Hall–Kier alpha value is -0.610. The summed E-state index contributed by atoms with van der Waals surface area (Å²) < 4.78 is 0. The van der Waals surface area contributed by atoms with Crippen molar-refractivity contribution < 1.29 is 4.79 Å². The summed E-state index contributed by atoms with van der Waals surface area (Å²) in [6, 6.07) is 0. The van der Waals surface area contributed by atoms with Crippen molar-refractivity contribution in [1.82, 2.24) is 15.1 Å². The molecule has 0 spiro atoms. The molecular weight excluding hydrogens is 166 g/mol. The van der Waals surface area contributed by atoms with E-state index >= 15 is 0 Å². The minimum absolute atomic E-state index is 0.271. The first-order valence-corrected chi connectivity index (χ1v) is 4.99. The Morgan fingerprint density at radius 1 is 1.46 bits per heavy atom. The van der Waals surface area contributed by atoms with Crippen molar-refractivity contribution in [2.24, 2.45) is 0 Å². The molecule has 2 heterocycles. The predicted molar refractivity (Wildman–Crippen MR) is 50.2 cm³/mol. The molecule has 1 unspecified atom stereocenters. The van der Waals surface area contributed by atoms with Crippen LogP contribution in [0.5, 0.6) is 0 Å². The van der Waals surface area contributed by atoms with E-state index in [-0.39, 0.29) is 5.91 Å². The number of hydrogen-bond acceptors (Lipinski definition) is 3. The van der Waals surface area contributed by atoms with Gasteiger partial charge in [-0.2, -0.15) is 0 Å². The smallest absolute Gasteiger partial charge is 0.238 e. The fraction of sp³-hybridized carbons (Fsp3) is 0.889. The number of nitrogens with one attached hydrogen (secondary N) is 1. The van der Waals surface area contributed by atoms with Crippen molar-refractivity contribution in [3.8, 4) is 0 Å². The molecule has 2 saturated heterocycles. The highest BCUT2D eigenvalue weighted by Crippen LogP contribution is 2.13. The van der Waals surface area contributed by atoms with Crippen LogP contribution in [0.25, 0.3) is 0 Å². The average Bonchev–Trinajstić information content (AvgIpc) is 2.56. The Labute approximate surface area is 78.9 Å². The van der Waals surface area contributed by atoms with Crippen LogP contribution >= 0.6 is 0 Å². The van der Waals surface area contributed by atoms with Crippen LogP contribution in [0.15, 0.2) is 0 Å². The molecule has 0 aromatic rings. The molecule has 2 aliphatic heterocycles. The average molecular weight is 183 g/mol. The molecule has 0 bridgehead atoms. The van der Waals surface area contributed by atoms with Gasteiger partial charge in [0, 0.05) is 13.1 Å². The van der Waals surface area contributed by atoms with Gasteiger partial charge in [0.15, 0.2) is 0 Å². The van der Waals surface area contributed by atoms with Gasteiger partial charge in [-0.25, -0.2) is 0 Å². The number of carbonyl (C=O) groups is 1. The number of amides is 1. The van der Waals surface area contributed by atoms with Crippen molar-refractivity contribution in [3.05, 3.63) is 0 Å². The van der Waals surface area contributed by atoms with Crippen molar-refractivity contribution in [2.75, 3.05) is 33.2 Å². The molecule has 4 heteroatoms. The minimum Gasteiger partial charge on any atom is -0.325 e. The maximum Gasteiger partial charge on any atom is 0.238 e. The van der Waals surface area contributed by atoms with Crippen LogP contribution in [0.1, 0.15) is 12.8 Å². The molecule has 4 nitrogen and oxygen atoms in total. The summed E-state index contributed by atoms with van der Waals surface area (Å²) in [6.07, 6.45) is 2.64. The molecule has 0 aromatic carbocycles. The molecule has 0 aliphatic carbocycles. The highest BCUT2D eigenvalue weighted by Gasteiger charge is 2.29. The summed E-state index contributed by atoms with van der Waals surface area (Å²) in [5.74, 6) is 0.271. The normalized spacial score (nSPS) is 31.3. The zero-order valence-electron chi connectivity index (χ0n) is 8.12. The number of nitrogens with zero attached hydrogens (tertiary/aromatic N) is 2. The summed E-state index contributed by atoms with van der Waals surface area (Å²) >= 11 is 0. The lowest BCUT2D eigenvalue weighted by Gasteiger charge is -2.36.